The molecule has 124 valence electrons. The van der Waals surface area contributed by atoms with Crippen LogP contribution in [0, 0.1) is 0 Å². The summed E-state index contributed by atoms with van der Waals surface area (Å²) in [6.07, 6.45) is 2.14. The normalized spacial score (nSPS) is 10.8. The number of rotatable bonds is 6. The standard InChI is InChI=1S/C18H17BrN2O2S/c1-2-3-10-23-12-8-9-15-16(11-12)24-18(20-15)21-17(22)13-6-4-5-7-14(13)19/h4-9,11H,2-3,10H2,1H3,(H,20,21,22). The van der Waals surface area contributed by atoms with E-state index in [-0.39, 0.29) is 5.91 Å². The van der Waals surface area contributed by atoms with E-state index in [2.05, 4.69) is 33.2 Å². The summed E-state index contributed by atoms with van der Waals surface area (Å²) in [6, 6.07) is 13.1. The predicted octanol–water partition coefficient (Wildman–Crippen LogP) is 5.49. The quantitative estimate of drug-likeness (QED) is 0.552. The Balaban J connectivity index is 1.76. The molecule has 0 aliphatic carbocycles. The van der Waals surface area contributed by atoms with Crippen LogP contribution < -0.4 is 10.1 Å². The number of anilines is 1. The predicted molar refractivity (Wildman–Crippen MR) is 102 cm³/mol. The van der Waals surface area contributed by atoms with Crippen LogP contribution in [0.3, 0.4) is 0 Å². The molecule has 24 heavy (non-hydrogen) atoms. The lowest BCUT2D eigenvalue weighted by Crippen LogP contribution is -2.12. The Labute approximate surface area is 153 Å². The first-order valence-electron chi connectivity index (χ1n) is 7.76. The SMILES string of the molecule is CCCCOc1ccc2nc(NC(=O)c3ccccc3Br)sc2c1. The van der Waals surface area contributed by atoms with E-state index in [1.54, 1.807) is 6.07 Å². The molecular weight excluding hydrogens is 388 g/mol. The zero-order valence-electron chi connectivity index (χ0n) is 13.2. The van der Waals surface area contributed by atoms with Gasteiger partial charge in [0.2, 0.25) is 0 Å². The Morgan fingerprint density at radius 3 is 2.92 bits per heavy atom. The van der Waals surface area contributed by atoms with Crippen LogP contribution in [0.15, 0.2) is 46.9 Å². The largest absolute Gasteiger partial charge is 0.494 e. The third-order valence-corrected chi connectivity index (χ3v) is 5.09. The number of carbonyl (C=O) groups is 1. The Kier molecular flexibility index (Phi) is 5.48. The summed E-state index contributed by atoms with van der Waals surface area (Å²) in [4.78, 5) is 16.8. The van der Waals surface area contributed by atoms with Crippen LogP contribution in [0.25, 0.3) is 10.2 Å². The van der Waals surface area contributed by atoms with Gasteiger partial charge in [0, 0.05) is 4.47 Å². The van der Waals surface area contributed by atoms with Gasteiger partial charge in [0.15, 0.2) is 5.13 Å². The van der Waals surface area contributed by atoms with Crippen LogP contribution in [0.2, 0.25) is 0 Å². The molecular formula is C18H17BrN2O2S. The molecule has 3 rings (SSSR count). The van der Waals surface area contributed by atoms with Crippen molar-refractivity contribution >= 4 is 48.5 Å². The Morgan fingerprint density at radius 2 is 2.12 bits per heavy atom. The maximum atomic E-state index is 12.4. The van der Waals surface area contributed by atoms with Crippen molar-refractivity contribution in [3.05, 3.63) is 52.5 Å². The number of nitrogens with zero attached hydrogens (tertiary/aromatic N) is 1. The van der Waals surface area contributed by atoms with E-state index in [1.165, 1.54) is 11.3 Å². The van der Waals surface area contributed by atoms with Gasteiger partial charge in [-0.05, 0) is 52.7 Å². The molecule has 0 atom stereocenters. The zero-order chi connectivity index (χ0) is 16.9. The average Bonchev–Trinajstić information content (AvgIpc) is 2.97. The van der Waals surface area contributed by atoms with E-state index in [0.717, 1.165) is 33.3 Å². The number of benzene rings is 2. The molecule has 0 radical (unpaired) electrons. The van der Waals surface area contributed by atoms with Crippen LogP contribution in [-0.2, 0) is 0 Å². The molecule has 1 aromatic heterocycles. The highest BCUT2D eigenvalue weighted by molar-refractivity contribution is 9.10. The van der Waals surface area contributed by atoms with Crippen LogP contribution in [0.5, 0.6) is 5.75 Å². The van der Waals surface area contributed by atoms with Crippen LogP contribution in [-0.4, -0.2) is 17.5 Å². The lowest BCUT2D eigenvalue weighted by molar-refractivity contribution is 0.102. The van der Waals surface area contributed by atoms with Crippen molar-refractivity contribution in [2.45, 2.75) is 19.8 Å². The van der Waals surface area contributed by atoms with Gasteiger partial charge in [-0.15, -0.1) is 0 Å². The molecule has 0 aliphatic heterocycles. The first-order valence-corrected chi connectivity index (χ1v) is 9.37. The molecule has 0 saturated heterocycles. The number of fused-ring (bicyclic) bond motifs is 1. The second-order valence-corrected chi connectivity index (χ2v) is 7.17. The van der Waals surface area contributed by atoms with Gasteiger partial charge in [0.25, 0.3) is 5.91 Å². The van der Waals surface area contributed by atoms with E-state index in [4.69, 9.17) is 4.74 Å². The molecule has 0 bridgehead atoms. The molecule has 3 aromatic rings. The topological polar surface area (TPSA) is 51.2 Å². The first-order chi connectivity index (χ1) is 11.7. The molecule has 0 saturated carbocycles. The van der Waals surface area contributed by atoms with Crippen molar-refractivity contribution in [1.82, 2.24) is 4.98 Å². The van der Waals surface area contributed by atoms with Crippen LogP contribution >= 0.6 is 27.3 Å². The fourth-order valence-corrected chi connectivity index (χ4v) is 3.55. The monoisotopic (exact) mass is 404 g/mol. The number of unbranched alkanes of at least 4 members (excludes halogenated alkanes) is 1. The smallest absolute Gasteiger partial charge is 0.258 e. The highest BCUT2D eigenvalue weighted by Crippen LogP contribution is 2.30. The highest BCUT2D eigenvalue weighted by atomic mass is 79.9. The Bertz CT molecular complexity index is 863. The maximum absolute atomic E-state index is 12.4. The average molecular weight is 405 g/mol. The molecule has 0 aliphatic rings. The summed E-state index contributed by atoms with van der Waals surface area (Å²) in [6.45, 7) is 2.85. The van der Waals surface area contributed by atoms with Crippen molar-refractivity contribution < 1.29 is 9.53 Å². The van der Waals surface area contributed by atoms with Crippen LogP contribution in [0.1, 0.15) is 30.1 Å². The third-order valence-electron chi connectivity index (χ3n) is 3.47. The first kappa shape index (κ1) is 16.9. The lowest BCUT2D eigenvalue weighted by atomic mass is 10.2. The molecule has 4 nitrogen and oxygen atoms in total. The number of hydrogen-bond acceptors (Lipinski definition) is 4. The maximum Gasteiger partial charge on any atom is 0.258 e. The number of thiazole rings is 1. The van der Waals surface area contributed by atoms with Gasteiger partial charge in [-0.25, -0.2) is 4.98 Å². The minimum atomic E-state index is -0.180. The number of amides is 1. The fraction of sp³-hybridized carbons (Fsp3) is 0.222. The number of carbonyl (C=O) groups excluding carboxylic acids is 1. The molecule has 0 fully saturated rings. The third kappa shape index (κ3) is 3.94. The van der Waals surface area contributed by atoms with Crippen LogP contribution in [0.4, 0.5) is 5.13 Å². The van der Waals surface area contributed by atoms with Crippen molar-refractivity contribution in [2.75, 3.05) is 11.9 Å². The van der Waals surface area contributed by atoms with Gasteiger partial charge in [-0.2, -0.15) is 0 Å². The summed E-state index contributed by atoms with van der Waals surface area (Å²) in [5.74, 6) is 0.657. The van der Waals surface area contributed by atoms with Gasteiger partial charge in [0.05, 0.1) is 22.4 Å². The van der Waals surface area contributed by atoms with Crippen molar-refractivity contribution in [3.63, 3.8) is 0 Å². The highest BCUT2D eigenvalue weighted by Gasteiger charge is 2.12. The summed E-state index contributed by atoms with van der Waals surface area (Å²) in [7, 11) is 0. The minimum Gasteiger partial charge on any atom is -0.494 e. The van der Waals surface area contributed by atoms with Crippen molar-refractivity contribution in [3.8, 4) is 5.75 Å². The molecule has 1 heterocycles. The summed E-state index contributed by atoms with van der Waals surface area (Å²) in [5, 5.41) is 3.44. The van der Waals surface area contributed by atoms with E-state index in [0.29, 0.717) is 17.3 Å². The van der Waals surface area contributed by atoms with Crippen molar-refractivity contribution in [1.29, 1.82) is 0 Å². The Hall–Kier alpha value is -1.92. The second-order valence-electron chi connectivity index (χ2n) is 5.28. The van der Waals surface area contributed by atoms with Gasteiger partial charge in [-0.3, -0.25) is 10.1 Å². The fourth-order valence-electron chi connectivity index (χ4n) is 2.19. The van der Waals surface area contributed by atoms with E-state index < -0.39 is 0 Å². The van der Waals surface area contributed by atoms with Crippen molar-refractivity contribution in [2.24, 2.45) is 0 Å². The number of halogens is 1. The number of aromatic nitrogens is 1. The summed E-state index contributed by atoms with van der Waals surface area (Å²) < 4.78 is 7.47. The molecule has 6 heteroatoms. The number of nitrogens with one attached hydrogen (secondary N) is 1. The molecule has 0 spiro atoms. The van der Waals surface area contributed by atoms with Gasteiger partial charge >= 0.3 is 0 Å². The Morgan fingerprint density at radius 1 is 1.29 bits per heavy atom. The molecule has 2 aromatic carbocycles. The summed E-state index contributed by atoms with van der Waals surface area (Å²) >= 11 is 4.83. The van der Waals surface area contributed by atoms with E-state index >= 15 is 0 Å². The van der Waals surface area contributed by atoms with Gasteiger partial charge in [-0.1, -0.05) is 36.8 Å². The van der Waals surface area contributed by atoms with Gasteiger partial charge in [0.1, 0.15) is 5.75 Å². The molecule has 1 N–H and O–H groups in total. The lowest BCUT2D eigenvalue weighted by Gasteiger charge is -2.04. The second kappa shape index (κ2) is 7.77. The summed E-state index contributed by atoms with van der Waals surface area (Å²) in [5.41, 5.74) is 1.44. The zero-order valence-corrected chi connectivity index (χ0v) is 15.6. The number of ether oxygens (including phenoxy) is 1. The molecule has 0 unspecified atom stereocenters. The number of hydrogen-bond donors (Lipinski definition) is 1. The molecule has 1 amide bonds. The minimum absolute atomic E-state index is 0.180. The van der Waals surface area contributed by atoms with Gasteiger partial charge < -0.3 is 4.74 Å². The van der Waals surface area contributed by atoms with E-state index in [1.807, 2.05) is 36.4 Å². The van der Waals surface area contributed by atoms with E-state index in [9.17, 15) is 4.79 Å².